The lowest BCUT2D eigenvalue weighted by Crippen LogP contribution is -2.13. The molecule has 0 bridgehead atoms. The molecule has 120 valence electrons. The number of halogens is 1. The van der Waals surface area contributed by atoms with Crippen LogP contribution in [-0.2, 0) is 0 Å². The van der Waals surface area contributed by atoms with Gasteiger partial charge in [0.25, 0.3) is 11.6 Å². The molecular formula is C16H11FN4O3. The van der Waals surface area contributed by atoms with Crippen LogP contribution < -0.4 is 5.32 Å². The van der Waals surface area contributed by atoms with E-state index in [-0.39, 0.29) is 16.9 Å². The van der Waals surface area contributed by atoms with Crippen molar-refractivity contribution in [2.24, 2.45) is 0 Å². The highest BCUT2D eigenvalue weighted by molar-refractivity contribution is 6.04. The van der Waals surface area contributed by atoms with Gasteiger partial charge in [0, 0.05) is 29.7 Å². The van der Waals surface area contributed by atoms with Gasteiger partial charge in [0.2, 0.25) is 0 Å². The van der Waals surface area contributed by atoms with Crippen LogP contribution in [-0.4, -0.2) is 20.4 Å². The van der Waals surface area contributed by atoms with Crippen LogP contribution >= 0.6 is 0 Å². The second kappa shape index (κ2) is 6.29. The molecule has 3 rings (SSSR count). The largest absolute Gasteiger partial charge is 0.322 e. The second-order valence-electron chi connectivity index (χ2n) is 4.90. The van der Waals surface area contributed by atoms with Gasteiger partial charge in [0.05, 0.1) is 11.3 Å². The summed E-state index contributed by atoms with van der Waals surface area (Å²) in [5.74, 6) is -1.06. The topological polar surface area (TPSA) is 90.1 Å². The number of nitro groups is 1. The average Bonchev–Trinajstić information content (AvgIpc) is 3.08. The summed E-state index contributed by atoms with van der Waals surface area (Å²) in [5.41, 5.74) is 0.413. The Morgan fingerprint density at radius 1 is 1.25 bits per heavy atom. The van der Waals surface area contributed by atoms with Crippen molar-refractivity contribution in [3.8, 4) is 5.69 Å². The van der Waals surface area contributed by atoms with E-state index in [1.165, 1.54) is 53.5 Å². The zero-order chi connectivity index (χ0) is 17.1. The molecule has 24 heavy (non-hydrogen) atoms. The third-order valence-corrected chi connectivity index (χ3v) is 3.30. The first-order valence-corrected chi connectivity index (χ1v) is 6.88. The smallest absolute Gasteiger partial charge is 0.294 e. The molecule has 3 aromatic rings. The monoisotopic (exact) mass is 326 g/mol. The summed E-state index contributed by atoms with van der Waals surface area (Å²) in [6, 6.07) is 9.47. The normalized spacial score (nSPS) is 10.4. The van der Waals surface area contributed by atoms with Crippen molar-refractivity contribution in [1.29, 1.82) is 0 Å². The number of nitrogens with zero attached hydrogens (tertiary/aromatic N) is 3. The van der Waals surface area contributed by atoms with Crippen molar-refractivity contribution in [3.63, 3.8) is 0 Å². The van der Waals surface area contributed by atoms with Crippen molar-refractivity contribution >= 4 is 17.3 Å². The summed E-state index contributed by atoms with van der Waals surface area (Å²) in [6.07, 6.45) is 4.48. The molecule has 0 aliphatic carbocycles. The summed E-state index contributed by atoms with van der Waals surface area (Å²) in [7, 11) is 0. The van der Waals surface area contributed by atoms with E-state index in [4.69, 9.17) is 0 Å². The molecule has 1 amide bonds. The molecule has 0 spiro atoms. The van der Waals surface area contributed by atoms with Gasteiger partial charge in [-0.05, 0) is 30.3 Å². The molecule has 0 fully saturated rings. The van der Waals surface area contributed by atoms with Crippen molar-refractivity contribution < 1.29 is 14.1 Å². The quantitative estimate of drug-likeness (QED) is 0.589. The van der Waals surface area contributed by atoms with E-state index >= 15 is 0 Å². The fraction of sp³-hybridized carbons (Fsp3) is 0. The van der Waals surface area contributed by atoms with Crippen LogP contribution in [0.15, 0.2) is 61.2 Å². The lowest BCUT2D eigenvalue weighted by Gasteiger charge is -2.08. The minimum Gasteiger partial charge on any atom is -0.322 e. The number of hydrogen-bond acceptors (Lipinski definition) is 4. The van der Waals surface area contributed by atoms with E-state index in [1.54, 1.807) is 6.20 Å². The van der Waals surface area contributed by atoms with Crippen LogP contribution in [0.1, 0.15) is 10.4 Å². The zero-order valence-corrected chi connectivity index (χ0v) is 12.2. The molecule has 0 saturated carbocycles. The molecule has 0 unspecified atom stereocenters. The van der Waals surface area contributed by atoms with E-state index < -0.39 is 16.6 Å². The van der Waals surface area contributed by atoms with Gasteiger partial charge in [0.1, 0.15) is 11.5 Å². The number of nitrogens with one attached hydrogen (secondary N) is 1. The van der Waals surface area contributed by atoms with Gasteiger partial charge >= 0.3 is 0 Å². The Morgan fingerprint density at radius 3 is 2.75 bits per heavy atom. The number of hydrogen-bond donors (Lipinski definition) is 1. The first kappa shape index (κ1) is 15.3. The van der Waals surface area contributed by atoms with Gasteiger partial charge in [0.15, 0.2) is 0 Å². The Bertz CT molecular complexity index is 909. The molecule has 0 radical (unpaired) electrons. The highest BCUT2D eigenvalue weighted by Gasteiger charge is 2.18. The number of nitro benzene ring substituents is 1. The minimum absolute atomic E-state index is 0.0924. The van der Waals surface area contributed by atoms with Crippen LogP contribution in [0.4, 0.5) is 15.8 Å². The second-order valence-corrected chi connectivity index (χ2v) is 4.90. The molecule has 2 aromatic carbocycles. The van der Waals surface area contributed by atoms with Crippen LogP contribution in [0.2, 0.25) is 0 Å². The number of carbonyl (C=O) groups excluding carboxylic acids is 1. The predicted octanol–water partition coefficient (Wildman–Crippen LogP) is 3.17. The van der Waals surface area contributed by atoms with Crippen molar-refractivity contribution in [3.05, 3.63) is 82.7 Å². The van der Waals surface area contributed by atoms with E-state index in [1.807, 2.05) is 0 Å². The van der Waals surface area contributed by atoms with Crippen LogP contribution in [0.3, 0.4) is 0 Å². The fourth-order valence-electron chi connectivity index (χ4n) is 2.20. The first-order chi connectivity index (χ1) is 11.5. The SMILES string of the molecule is O=C(Nc1cccc(F)c1)c1ccc(-n2ccnc2)c([N+](=O)[O-])c1. The summed E-state index contributed by atoms with van der Waals surface area (Å²) < 4.78 is 14.6. The Morgan fingerprint density at radius 2 is 2.08 bits per heavy atom. The number of benzene rings is 2. The molecular weight excluding hydrogens is 315 g/mol. The van der Waals surface area contributed by atoms with E-state index in [2.05, 4.69) is 10.3 Å². The van der Waals surface area contributed by atoms with Gasteiger partial charge < -0.3 is 9.88 Å². The van der Waals surface area contributed by atoms with Crippen molar-refractivity contribution in [1.82, 2.24) is 9.55 Å². The standard InChI is InChI=1S/C16H11FN4O3/c17-12-2-1-3-13(9-12)19-16(22)11-4-5-14(15(8-11)21(23)24)20-7-6-18-10-20/h1-10H,(H,19,22). The van der Waals surface area contributed by atoms with Crippen LogP contribution in [0.5, 0.6) is 0 Å². The number of rotatable bonds is 4. The highest BCUT2D eigenvalue weighted by atomic mass is 19.1. The minimum atomic E-state index is -0.575. The number of imidazole rings is 1. The van der Waals surface area contributed by atoms with E-state index in [9.17, 15) is 19.3 Å². The van der Waals surface area contributed by atoms with Gasteiger partial charge in [-0.1, -0.05) is 6.07 Å². The molecule has 0 saturated heterocycles. The Labute approximate surface area is 135 Å². The molecule has 1 heterocycles. The molecule has 1 N–H and O–H groups in total. The molecule has 0 atom stereocenters. The average molecular weight is 326 g/mol. The number of amides is 1. The van der Waals surface area contributed by atoms with Gasteiger partial charge in [-0.2, -0.15) is 0 Å². The third kappa shape index (κ3) is 3.12. The molecule has 7 nitrogen and oxygen atoms in total. The molecule has 0 aliphatic rings. The van der Waals surface area contributed by atoms with E-state index in [0.29, 0.717) is 5.69 Å². The maximum absolute atomic E-state index is 13.2. The zero-order valence-electron chi connectivity index (χ0n) is 12.2. The summed E-state index contributed by atoms with van der Waals surface area (Å²) in [6.45, 7) is 0. The van der Waals surface area contributed by atoms with Gasteiger partial charge in [-0.15, -0.1) is 0 Å². The molecule has 1 aromatic heterocycles. The fourth-order valence-corrected chi connectivity index (χ4v) is 2.20. The van der Waals surface area contributed by atoms with Crippen molar-refractivity contribution in [2.45, 2.75) is 0 Å². The summed E-state index contributed by atoms with van der Waals surface area (Å²) in [5, 5.41) is 13.8. The van der Waals surface area contributed by atoms with Gasteiger partial charge in [-0.3, -0.25) is 14.9 Å². The van der Waals surface area contributed by atoms with Crippen LogP contribution in [0.25, 0.3) is 5.69 Å². The Hall–Kier alpha value is -3.55. The van der Waals surface area contributed by atoms with Crippen LogP contribution in [0, 0.1) is 15.9 Å². The predicted molar refractivity (Wildman–Crippen MR) is 84.6 cm³/mol. The third-order valence-electron chi connectivity index (χ3n) is 3.30. The maximum Gasteiger partial charge on any atom is 0.294 e. The highest BCUT2D eigenvalue weighted by Crippen LogP contribution is 2.24. The molecule has 0 aliphatic heterocycles. The van der Waals surface area contributed by atoms with E-state index in [0.717, 1.165) is 6.07 Å². The van der Waals surface area contributed by atoms with Crippen molar-refractivity contribution in [2.75, 3.05) is 5.32 Å². The first-order valence-electron chi connectivity index (χ1n) is 6.88. The summed E-state index contributed by atoms with van der Waals surface area (Å²) in [4.78, 5) is 26.8. The molecule has 8 heteroatoms. The number of carbonyl (C=O) groups is 1. The lowest BCUT2D eigenvalue weighted by molar-refractivity contribution is -0.384. The number of anilines is 1. The number of aromatic nitrogens is 2. The lowest BCUT2D eigenvalue weighted by atomic mass is 10.1. The Balaban J connectivity index is 1.93. The summed E-state index contributed by atoms with van der Waals surface area (Å²) >= 11 is 0. The maximum atomic E-state index is 13.2. The van der Waals surface area contributed by atoms with Gasteiger partial charge in [-0.25, -0.2) is 9.37 Å². The Kier molecular flexibility index (Phi) is 4.02.